The topological polar surface area (TPSA) is 42.2 Å². The number of nitrogens with zero attached hydrogens (tertiary/aromatic N) is 1. The molecule has 0 aliphatic heterocycles. The Hall–Kier alpha value is -0.520. The quantitative estimate of drug-likeness (QED) is 0.846. The Kier molecular flexibility index (Phi) is 3.80. The van der Waals surface area contributed by atoms with Crippen molar-refractivity contribution in [3.05, 3.63) is 21.5 Å². The molecule has 17 heavy (non-hydrogen) atoms. The highest BCUT2D eigenvalue weighted by Gasteiger charge is 2.34. The zero-order valence-corrected chi connectivity index (χ0v) is 12.3. The van der Waals surface area contributed by atoms with Crippen LogP contribution in [0.25, 0.3) is 0 Å². The second-order valence-electron chi connectivity index (χ2n) is 4.93. The molecule has 1 aliphatic rings. The lowest BCUT2D eigenvalue weighted by molar-refractivity contribution is 0.0681. The average molecular weight is 347 g/mol. The third kappa shape index (κ3) is 2.37. The van der Waals surface area contributed by atoms with Gasteiger partial charge in [-0.25, -0.2) is 4.79 Å². The molecule has 0 saturated heterocycles. The van der Waals surface area contributed by atoms with Crippen LogP contribution in [0, 0.1) is 15.4 Å². The van der Waals surface area contributed by atoms with E-state index in [1.54, 1.807) is 6.07 Å². The normalized spacial score (nSPS) is 28.5. The Balaban J connectivity index is 2.32. The third-order valence-electron chi connectivity index (χ3n) is 4.10. The minimum Gasteiger partial charge on any atom is -0.477 e. The lowest BCUT2D eigenvalue weighted by Crippen LogP contribution is -2.18. The predicted molar refractivity (Wildman–Crippen MR) is 75.3 cm³/mol. The van der Waals surface area contributed by atoms with Crippen molar-refractivity contribution in [1.82, 2.24) is 4.57 Å². The number of carboxylic acids is 1. The number of aromatic carboxylic acids is 1. The fourth-order valence-corrected chi connectivity index (χ4v) is 3.68. The Labute approximate surface area is 115 Å². The number of rotatable bonds is 3. The van der Waals surface area contributed by atoms with Gasteiger partial charge in [0.25, 0.3) is 0 Å². The minimum atomic E-state index is -0.819. The summed E-state index contributed by atoms with van der Waals surface area (Å²) in [5.41, 5.74) is 0.433. The molecule has 0 bridgehead atoms. The van der Waals surface area contributed by atoms with Crippen LogP contribution in [0.4, 0.5) is 0 Å². The lowest BCUT2D eigenvalue weighted by Gasteiger charge is -2.22. The van der Waals surface area contributed by atoms with Crippen LogP contribution in [0.15, 0.2) is 12.3 Å². The molecule has 0 radical (unpaired) electrons. The van der Waals surface area contributed by atoms with Crippen LogP contribution in [0.3, 0.4) is 0 Å². The van der Waals surface area contributed by atoms with Crippen LogP contribution >= 0.6 is 22.6 Å². The van der Waals surface area contributed by atoms with E-state index in [4.69, 9.17) is 0 Å². The van der Waals surface area contributed by atoms with Crippen LogP contribution in [-0.4, -0.2) is 15.6 Å². The standard InChI is InChI=1S/C13H18INO2/c1-3-9-4-5-11(8(9)2)15-7-10(14)6-12(15)13(16)17/h6-9,11H,3-5H2,1-2H3,(H,16,17). The van der Waals surface area contributed by atoms with Gasteiger partial charge in [-0.05, 0) is 53.3 Å². The van der Waals surface area contributed by atoms with Crippen LogP contribution in [0.1, 0.15) is 49.6 Å². The third-order valence-corrected chi connectivity index (χ3v) is 4.69. The maximum atomic E-state index is 11.2. The maximum absolute atomic E-state index is 11.2. The predicted octanol–water partition coefficient (Wildman–Crippen LogP) is 3.79. The maximum Gasteiger partial charge on any atom is 0.352 e. The number of halogens is 1. The number of hydrogen-bond acceptors (Lipinski definition) is 1. The van der Waals surface area contributed by atoms with E-state index in [1.807, 2.05) is 10.8 Å². The lowest BCUT2D eigenvalue weighted by atomic mass is 9.93. The van der Waals surface area contributed by atoms with Gasteiger partial charge in [-0.2, -0.15) is 0 Å². The van der Waals surface area contributed by atoms with Crippen molar-refractivity contribution in [1.29, 1.82) is 0 Å². The van der Waals surface area contributed by atoms with Crippen LogP contribution < -0.4 is 0 Å². The van der Waals surface area contributed by atoms with Crippen molar-refractivity contribution in [2.24, 2.45) is 11.8 Å². The van der Waals surface area contributed by atoms with Gasteiger partial charge < -0.3 is 9.67 Å². The first-order chi connectivity index (χ1) is 8.04. The molecule has 1 fully saturated rings. The van der Waals surface area contributed by atoms with Gasteiger partial charge in [0.05, 0.1) is 0 Å². The van der Waals surface area contributed by atoms with E-state index in [0.717, 1.165) is 15.9 Å². The van der Waals surface area contributed by atoms with Gasteiger partial charge >= 0.3 is 5.97 Å². The second-order valence-corrected chi connectivity index (χ2v) is 6.17. The van der Waals surface area contributed by atoms with E-state index < -0.39 is 5.97 Å². The molecular weight excluding hydrogens is 329 g/mol. The van der Waals surface area contributed by atoms with E-state index >= 15 is 0 Å². The summed E-state index contributed by atoms with van der Waals surface area (Å²) in [6.07, 6.45) is 5.49. The Bertz CT molecular complexity index is 427. The fourth-order valence-electron chi connectivity index (χ4n) is 3.08. The number of carboxylic acid groups (broad SMARTS) is 1. The summed E-state index contributed by atoms with van der Waals surface area (Å²) in [5.74, 6) is 0.489. The van der Waals surface area contributed by atoms with Gasteiger partial charge in [0.15, 0.2) is 0 Å². The summed E-state index contributed by atoms with van der Waals surface area (Å²) in [6.45, 7) is 4.48. The molecule has 4 heteroatoms. The van der Waals surface area contributed by atoms with E-state index in [1.165, 1.54) is 12.8 Å². The van der Waals surface area contributed by atoms with Crippen LogP contribution in [0.5, 0.6) is 0 Å². The smallest absolute Gasteiger partial charge is 0.352 e. The van der Waals surface area contributed by atoms with Crippen molar-refractivity contribution in [3.8, 4) is 0 Å². The van der Waals surface area contributed by atoms with Crippen molar-refractivity contribution in [2.75, 3.05) is 0 Å². The zero-order valence-electron chi connectivity index (χ0n) is 10.2. The molecule has 1 aromatic heterocycles. The summed E-state index contributed by atoms with van der Waals surface area (Å²) < 4.78 is 2.98. The molecule has 1 heterocycles. The first kappa shape index (κ1) is 12.9. The molecule has 0 amide bonds. The summed E-state index contributed by atoms with van der Waals surface area (Å²) >= 11 is 2.18. The number of aromatic nitrogens is 1. The molecule has 1 N–H and O–H groups in total. The molecule has 0 aromatic carbocycles. The summed E-state index contributed by atoms with van der Waals surface area (Å²) in [6, 6.07) is 2.11. The fraction of sp³-hybridized carbons (Fsp3) is 0.615. The van der Waals surface area contributed by atoms with Crippen molar-refractivity contribution in [3.63, 3.8) is 0 Å². The second kappa shape index (κ2) is 5.00. The molecule has 94 valence electrons. The van der Waals surface area contributed by atoms with Crippen LogP contribution in [-0.2, 0) is 0 Å². The van der Waals surface area contributed by atoms with Gasteiger partial charge in [0.1, 0.15) is 5.69 Å². The molecule has 3 unspecified atom stereocenters. The molecule has 1 aliphatic carbocycles. The van der Waals surface area contributed by atoms with Gasteiger partial charge in [-0.3, -0.25) is 0 Å². The highest BCUT2D eigenvalue weighted by molar-refractivity contribution is 14.1. The first-order valence-corrected chi connectivity index (χ1v) is 7.23. The molecule has 3 atom stereocenters. The minimum absolute atomic E-state index is 0.356. The molecule has 0 spiro atoms. The van der Waals surface area contributed by atoms with Crippen molar-refractivity contribution < 1.29 is 9.90 Å². The van der Waals surface area contributed by atoms with Crippen LogP contribution in [0.2, 0.25) is 0 Å². The first-order valence-electron chi connectivity index (χ1n) is 6.15. The highest BCUT2D eigenvalue weighted by atomic mass is 127. The van der Waals surface area contributed by atoms with E-state index in [0.29, 0.717) is 17.7 Å². The highest BCUT2D eigenvalue weighted by Crippen LogP contribution is 2.42. The average Bonchev–Trinajstić information content (AvgIpc) is 2.81. The molecular formula is C13H18INO2. The monoisotopic (exact) mass is 347 g/mol. The van der Waals surface area contributed by atoms with Gasteiger partial charge in [0.2, 0.25) is 0 Å². The van der Waals surface area contributed by atoms with E-state index in [2.05, 4.69) is 36.4 Å². The van der Waals surface area contributed by atoms with Gasteiger partial charge in [-0.15, -0.1) is 0 Å². The van der Waals surface area contributed by atoms with E-state index in [9.17, 15) is 9.90 Å². The summed E-state index contributed by atoms with van der Waals surface area (Å²) in [5, 5.41) is 9.22. The summed E-state index contributed by atoms with van der Waals surface area (Å²) in [7, 11) is 0. The largest absolute Gasteiger partial charge is 0.477 e. The zero-order chi connectivity index (χ0) is 12.6. The van der Waals surface area contributed by atoms with Crippen molar-refractivity contribution >= 4 is 28.6 Å². The van der Waals surface area contributed by atoms with Crippen molar-refractivity contribution in [2.45, 2.75) is 39.2 Å². The van der Waals surface area contributed by atoms with E-state index in [-0.39, 0.29) is 0 Å². The Morgan fingerprint density at radius 1 is 1.59 bits per heavy atom. The SMILES string of the molecule is CCC1CCC(n2cc(I)cc2C(=O)O)C1C. The Morgan fingerprint density at radius 2 is 2.29 bits per heavy atom. The molecule has 3 nitrogen and oxygen atoms in total. The summed E-state index contributed by atoms with van der Waals surface area (Å²) in [4.78, 5) is 11.2. The van der Waals surface area contributed by atoms with Gasteiger partial charge in [-0.1, -0.05) is 20.3 Å². The molecule has 1 saturated carbocycles. The molecule has 1 aromatic rings. The Morgan fingerprint density at radius 3 is 2.82 bits per heavy atom. The number of carbonyl (C=O) groups is 1. The number of hydrogen-bond donors (Lipinski definition) is 1. The molecule has 2 rings (SSSR count). The van der Waals surface area contributed by atoms with Gasteiger partial charge in [0, 0.05) is 15.8 Å².